The molecule has 0 saturated heterocycles. The van der Waals surface area contributed by atoms with Gasteiger partial charge in [-0.05, 0) is 59.6 Å². The van der Waals surface area contributed by atoms with Crippen LogP contribution in [-0.2, 0) is 17.8 Å². The lowest BCUT2D eigenvalue weighted by Crippen LogP contribution is -2.04. The van der Waals surface area contributed by atoms with Crippen LogP contribution in [0.15, 0.2) is 103 Å². The van der Waals surface area contributed by atoms with Crippen molar-refractivity contribution in [3.8, 4) is 22.5 Å². The van der Waals surface area contributed by atoms with Crippen LogP contribution in [0.2, 0.25) is 0 Å². The van der Waals surface area contributed by atoms with Gasteiger partial charge in [-0.1, -0.05) is 97.1 Å². The van der Waals surface area contributed by atoms with Crippen LogP contribution in [-0.4, -0.2) is 20.6 Å². The number of aromatic nitrogens is 2. The average molecular weight is 499 g/mol. The van der Waals surface area contributed by atoms with Crippen LogP contribution in [0.4, 0.5) is 0 Å². The zero-order valence-electron chi connectivity index (χ0n) is 21.3. The van der Waals surface area contributed by atoms with Crippen molar-refractivity contribution >= 4 is 22.6 Å². The number of para-hydroxylation sites is 1. The number of rotatable bonds is 7. The zero-order chi connectivity index (χ0) is 25.9. The van der Waals surface area contributed by atoms with Crippen molar-refractivity contribution in [2.24, 2.45) is 0 Å². The zero-order valence-corrected chi connectivity index (χ0v) is 21.3. The van der Waals surface area contributed by atoms with Crippen molar-refractivity contribution in [3.63, 3.8) is 0 Å². The molecule has 4 nitrogen and oxygen atoms in total. The molecule has 6 rings (SSSR count). The minimum atomic E-state index is -0.823. The van der Waals surface area contributed by atoms with Crippen molar-refractivity contribution in [2.75, 3.05) is 0 Å². The Kier molecular flexibility index (Phi) is 6.62. The first kappa shape index (κ1) is 23.9. The number of carboxylic acid groups (broad SMARTS) is 1. The molecule has 1 aliphatic rings. The van der Waals surface area contributed by atoms with Gasteiger partial charge in [0.1, 0.15) is 5.82 Å². The van der Waals surface area contributed by atoms with E-state index in [0.717, 1.165) is 51.1 Å². The summed E-state index contributed by atoms with van der Waals surface area (Å²) >= 11 is 0. The molecule has 0 unspecified atom stereocenters. The van der Waals surface area contributed by atoms with Crippen LogP contribution in [0.5, 0.6) is 0 Å². The van der Waals surface area contributed by atoms with Gasteiger partial charge in [0.25, 0.3) is 0 Å². The highest BCUT2D eigenvalue weighted by atomic mass is 16.4. The summed E-state index contributed by atoms with van der Waals surface area (Å²) in [6.07, 6.45) is 7.30. The quantitative estimate of drug-likeness (QED) is 0.247. The largest absolute Gasteiger partial charge is 0.481 e. The molecule has 0 bridgehead atoms. The van der Waals surface area contributed by atoms with E-state index in [2.05, 4.69) is 71.3 Å². The lowest BCUT2D eigenvalue weighted by atomic mass is 9.92. The molecule has 0 atom stereocenters. The highest BCUT2D eigenvalue weighted by Crippen LogP contribution is 2.34. The van der Waals surface area contributed by atoms with Gasteiger partial charge in [0.2, 0.25) is 0 Å². The number of fused-ring (bicyclic) bond motifs is 1. The van der Waals surface area contributed by atoms with Gasteiger partial charge >= 0.3 is 5.97 Å². The molecule has 4 aromatic carbocycles. The Bertz CT molecular complexity index is 1630. The molecule has 5 aromatic rings. The first-order valence-corrected chi connectivity index (χ1v) is 13.3. The molecule has 0 amide bonds. The summed E-state index contributed by atoms with van der Waals surface area (Å²) in [4.78, 5) is 16.5. The van der Waals surface area contributed by atoms with Crippen molar-refractivity contribution < 1.29 is 9.90 Å². The van der Waals surface area contributed by atoms with E-state index in [0.29, 0.717) is 6.54 Å². The molecule has 1 heterocycles. The lowest BCUT2D eigenvalue weighted by molar-refractivity contribution is -0.136. The summed E-state index contributed by atoms with van der Waals surface area (Å²) < 4.78 is 2.25. The number of carboxylic acids is 1. The highest BCUT2D eigenvalue weighted by Gasteiger charge is 2.17. The summed E-state index contributed by atoms with van der Waals surface area (Å²) in [5.74, 6) is 0.0799. The number of allylic oxidation sites excluding steroid dienone is 2. The van der Waals surface area contributed by atoms with Gasteiger partial charge in [0, 0.05) is 17.7 Å². The average Bonchev–Trinajstić information content (AvgIpc) is 3.32. The second-order valence-electron chi connectivity index (χ2n) is 10.0. The topological polar surface area (TPSA) is 55.1 Å². The molecule has 4 heteroatoms. The molecule has 0 radical (unpaired) electrons. The van der Waals surface area contributed by atoms with Crippen LogP contribution in [0, 0.1) is 0 Å². The number of hydrogen-bond acceptors (Lipinski definition) is 2. The Morgan fingerprint density at radius 2 is 1.55 bits per heavy atom. The molecule has 38 heavy (non-hydrogen) atoms. The molecule has 1 aromatic heterocycles. The second-order valence-corrected chi connectivity index (χ2v) is 10.0. The van der Waals surface area contributed by atoms with E-state index in [1.807, 2.05) is 36.4 Å². The van der Waals surface area contributed by atoms with E-state index < -0.39 is 5.97 Å². The Hall–Kier alpha value is -4.44. The van der Waals surface area contributed by atoms with Gasteiger partial charge in [0.05, 0.1) is 17.5 Å². The lowest BCUT2D eigenvalue weighted by Gasteiger charge is -2.13. The van der Waals surface area contributed by atoms with Gasteiger partial charge in [-0.25, -0.2) is 4.98 Å². The minimum absolute atomic E-state index is 0.0150. The molecule has 1 aliphatic carbocycles. The van der Waals surface area contributed by atoms with E-state index in [4.69, 9.17) is 4.98 Å². The molecule has 0 spiro atoms. The third kappa shape index (κ3) is 4.90. The van der Waals surface area contributed by atoms with Gasteiger partial charge in [-0.15, -0.1) is 0 Å². The highest BCUT2D eigenvalue weighted by molar-refractivity contribution is 5.94. The van der Waals surface area contributed by atoms with Gasteiger partial charge in [0.15, 0.2) is 0 Å². The fourth-order valence-electron chi connectivity index (χ4n) is 5.51. The Balaban J connectivity index is 1.44. The smallest absolute Gasteiger partial charge is 0.307 e. The normalized spacial score (nSPS) is 13.4. The summed E-state index contributed by atoms with van der Waals surface area (Å²) in [5.41, 5.74) is 9.98. The number of benzene rings is 4. The van der Waals surface area contributed by atoms with E-state index in [9.17, 15) is 9.90 Å². The summed E-state index contributed by atoms with van der Waals surface area (Å²) in [6.45, 7) is 0.602. The van der Waals surface area contributed by atoms with Crippen molar-refractivity contribution in [1.29, 1.82) is 0 Å². The van der Waals surface area contributed by atoms with E-state index >= 15 is 0 Å². The van der Waals surface area contributed by atoms with E-state index in [1.165, 1.54) is 30.4 Å². The number of nitrogens with zero attached hydrogens (tertiary/aromatic N) is 2. The Morgan fingerprint density at radius 3 is 2.32 bits per heavy atom. The fourth-order valence-corrected chi connectivity index (χ4v) is 5.51. The maximum absolute atomic E-state index is 11.3. The number of hydrogen-bond donors (Lipinski definition) is 1. The molecule has 1 N–H and O–H groups in total. The maximum atomic E-state index is 11.3. The molecule has 0 aliphatic heterocycles. The van der Waals surface area contributed by atoms with Crippen LogP contribution in [0.1, 0.15) is 42.4 Å². The molecular weight excluding hydrogens is 468 g/mol. The second kappa shape index (κ2) is 10.5. The van der Waals surface area contributed by atoms with E-state index in [1.54, 1.807) is 0 Å². The summed E-state index contributed by atoms with van der Waals surface area (Å²) in [6, 6.07) is 33.4. The molecule has 188 valence electrons. The van der Waals surface area contributed by atoms with Crippen molar-refractivity contribution in [3.05, 3.63) is 120 Å². The minimum Gasteiger partial charge on any atom is -0.481 e. The van der Waals surface area contributed by atoms with Gasteiger partial charge in [-0.2, -0.15) is 0 Å². The van der Waals surface area contributed by atoms with E-state index in [-0.39, 0.29) is 6.42 Å². The third-order valence-corrected chi connectivity index (χ3v) is 7.36. The fraction of sp³-hybridized carbons (Fsp3) is 0.176. The summed E-state index contributed by atoms with van der Waals surface area (Å²) in [5, 5.41) is 9.26. The number of imidazole rings is 1. The van der Waals surface area contributed by atoms with Gasteiger partial charge in [-0.3, -0.25) is 4.79 Å². The predicted octanol–water partition coefficient (Wildman–Crippen LogP) is 8.00. The SMILES string of the molecule is O=C(O)Cc1cccc(Cn2c(-c3ccccc3)nc3c(-c4ccc(C5=CCCCC5)cc4)cccc32)c1. The number of aliphatic carboxylic acids is 1. The maximum Gasteiger partial charge on any atom is 0.307 e. The molecular formula is C34H30N2O2. The van der Waals surface area contributed by atoms with Crippen LogP contribution >= 0.6 is 0 Å². The van der Waals surface area contributed by atoms with Crippen LogP contribution in [0.25, 0.3) is 39.1 Å². The van der Waals surface area contributed by atoms with Crippen LogP contribution in [0.3, 0.4) is 0 Å². The molecule has 0 fully saturated rings. The Labute approximate surface area is 222 Å². The standard InChI is InChI=1S/C34H30N2O2/c37-32(38)22-24-9-7-10-25(21-24)23-36-31-16-8-15-30(33(31)35-34(36)29-13-5-2-6-14-29)28-19-17-27(18-20-28)26-11-3-1-4-12-26/h2,5-11,13-21H,1,3-4,12,22-23H2,(H,37,38). The first-order valence-electron chi connectivity index (χ1n) is 13.3. The number of carbonyl (C=O) groups is 1. The third-order valence-electron chi connectivity index (χ3n) is 7.36. The summed E-state index contributed by atoms with van der Waals surface area (Å²) in [7, 11) is 0. The van der Waals surface area contributed by atoms with Crippen molar-refractivity contribution in [1.82, 2.24) is 9.55 Å². The van der Waals surface area contributed by atoms with Crippen LogP contribution < -0.4 is 0 Å². The van der Waals surface area contributed by atoms with Crippen molar-refractivity contribution in [2.45, 2.75) is 38.6 Å². The predicted molar refractivity (Wildman–Crippen MR) is 154 cm³/mol. The Morgan fingerprint density at radius 1 is 0.789 bits per heavy atom. The monoisotopic (exact) mass is 498 g/mol. The molecule has 0 saturated carbocycles. The van der Waals surface area contributed by atoms with Gasteiger partial charge < -0.3 is 9.67 Å². The first-order chi connectivity index (χ1) is 18.7.